The van der Waals surface area contributed by atoms with Crippen molar-refractivity contribution in [3.63, 3.8) is 0 Å². The van der Waals surface area contributed by atoms with Gasteiger partial charge >= 0.3 is 0 Å². The maximum absolute atomic E-state index is 4.87. The van der Waals surface area contributed by atoms with Crippen LogP contribution in [0.25, 0.3) is 17.0 Å². The van der Waals surface area contributed by atoms with Crippen LogP contribution in [0.3, 0.4) is 0 Å². The zero-order valence-corrected chi connectivity index (χ0v) is 14.4. The smallest absolute Gasteiger partial charge is 0.185 e. The average Bonchev–Trinajstić information content (AvgIpc) is 3.30. The van der Waals surface area contributed by atoms with Crippen LogP contribution in [0.4, 0.5) is 5.82 Å². The van der Waals surface area contributed by atoms with Crippen LogP contribution in [-0.2, 0) is 0 Å². The summed E-state index contributed by atoms with van der Waals surface area (Å²) in [4.78, 5) is 2.43. The second-order valence-electron chi connectivity index (χ2n) is 7.55. The monoisotopic (exact) mass is 333 g/mol. The zero-order valence-electron chi connectivity index (χ0n) is 14.4. The summed E-state index contributed by atoms with van der Waals surface area (Å²) in [5.74, 6) is 1.85. The molecule has 1 aromatic carbocycles. The molecule has 0 radical (unpaired) electrons. The Labute approximate surface area is 147 Å². The van der Waals surface area contributed by atoms with Crippen LogP contribution in [0.1, 0.15) is 38.5 Å². The van der Waals surface area contributed by atoms with Crippen LogP contribution < -0.4 is 4.90 Å². The predicted octanol–water partition coefficient (Wildman–Crippen LogP) is 3.95. The number of benzene rings is 1. The first-order valence-corrected chi connectivity index (χ1v) is 9.36. The summed E-state index contributed by atoms with van der Waals surface area (Å²) >= 11 is 0. The largest absolute Gasteiger partial charge is 0.355 e. The van der Waals surface area contributed by atoms with Gasteiger partial charge in [0.25, 0.3) is 0 Å². The van der Waals surface area contributed by atoms with Crippen molar-refractivity contribution in [2.24, 2.45) is 5.41 Å². The van der Waals surface area contributed by atoms with E-state index in [4.69, 9.17) is 5.10 Å². The summed E-state index contributed by atoms with van der Waals surface area (Å²) < 4.78 is 1.88. The van der Waals surface area contributed by atoms with E-state index >= 15 is 0 Å². The summed E-state index contributed by atoms with van der Waals surface area (Å²) in [5, 5.41) is 13.5. The van der Waals surface area contributed by atoms with Crippen LogP contribution >= 0.6 is 0 Å². The van der Waals surface area contributed by atoms with E-state index in [1.165, 1.54) is 38.5 Å². The van der Waals surface area contributed by atoms with Crippen molar-refractivity contribution in [3.05, 3.63) is 42.5 Å². The molecule has 3 heterocycles. The van der Waals surface area contributed by atoms with Crippen molar-refractivity contribution in [2.45, 2.75) is 38.5 Å². The minimum absolute atomic E-state index is 0.631. The first kappa shape index (κ1) is 14.9. The van der Waals surface area contributed by atoms with Gasteiger partial charge in [-0.05, 0) is 43.2 Å². The fraction of sp³-hybridized carbons (Fsp3) is 0.450. The van der Waals surface area contributed by atoms with Gasteiger partial charge in [0.15, 0.2) is 11.5 Å². The van der Waals surface area contributed by atoms with Crippen molar-refractivity contribution in [1.29, 1.82) is 0 Å². The molecular formula is C20H23N5. The van der Waals surface area contributed by atoms with Gasteiger partial charge in [-0.2, -0.15) is 4.52 Å². The maximum Gasteiger partial charge on any atom is 0.185 e. The fourth-order valence-electron chi connectivity index (χ4n) is 4.55. The molecule has 3 aromatic rings. The summed E-state index contributed by atoms with van der Waals surface area (Å²) in [7, 11) is 0. The van der Waals surface area contributed by atoms with Gasteiger partial charge in [-0.25, -0.2) is 0 Å². The number of hydrogen-bond donors (Lipinski definition) is 0. The molecule has 0 N–H and O–H groups in total. The predicted molar refractivity (Wildman–Crippen MR) is 98.6 cm³/mol. The SMILES string of the molecule is c1ccc(-c2nnc3ccc(N4CCC5(CCCC5)CC4)nn23)cc1. The van der Waals surface area contributed by atoms with E-state index in [1.807, 2.05) is 28.8 Å². The summed E-state index contributed by atoms with van der Waals surface area (Å²) in [6.45, 7) is 2.22. The summed E-state index contributed by atoms with van der Waals surface area (Å²) in [6, 6.07) is 14.3. The Morgan fingerprint density at radius 1 is 0.800 bits per heavy atom. The molecule has 2 aliphatic rings. The second kappa shape index (κ2) is 5.83. The molecule has 5 nitrogen and oxygen atoms in total. The zero-order chi connectivity index (χ0) is 16.7. The molecule has 5 heteroatoms. The van der Waals surface area contributed by atoms with Crippen LogP contribution in [0.5, 0.6) is 0 Å². The lowest BCUT2D eigenvalue weighted by Gasteiger charge is -2.39. The molecule has 5 rings (SSSR count). The first-order chi connectivity index (χ1) is 12.3. The molecule has 1 aliphatic carbocycles. The van der Waals surface area contributed by atoms with Crippen molar-refractivity contribution < 1.29 is 0 Å². The van der Waals surface area contributed by atoms with Gasteiger partial charge in [0, 0.05) is 18.7 Å². The number of nitrogens with zero attached hydrogens (tertiary/aromatic N) is 5. The molecule has 1 saturated heterocycles. The number of piperidine rings is 1. The third-order valence-electron chi connectivity index (χ3n) is 6.09. The molecule has 1 saturated carbocycles. The number of fused-ring (bicyclic) bond motifs is 1. The van der Waals surface area contributed by atoms with E-state index in [0.29, 0.717) is 5.41 Å². The Hall–Kier alpha value is -2.43. The van der Waals surface area contributed by atoms with Gasteiger partial charge in [0.1, 0.15) is 5.82 Å². The van der Waals surface area contributed by atoms with Gasteiger partial charge in [-0.1, -0.05) is 43.2 Å². The van der Waals surface area contributed by atoms with Gasteiger partial charge in [-0.3, -0.25) is 0 Å². The van der Waals surface area contributed by atoms with Gasteiger partial charge in [0.2, 0.25) is 0 Å². The minimum Gasteiger partial charge on any atom is -0.355 e. The van der Waals surface area contributed by atoms with Crippen molar-refractivity contribution in [3.8, 4) is 11.4 Å². The summed E-state index contributed by atoms with van der Waals surface area (Å²) in [6.07, 6.45) is 8.31. The van der Waals surface area contributed by atoms with E-state index in [2.05, 4.69) is 33.3 Å². The van der Waals surface area contributed by atoms with E-state index in [0.717, 1.165) is 35.9 Å². The fourth-order valence-corrected chi connectivity index (χ4v) is 4.55. The van der Waals surface area contributed by atoms with Crippen LogP contribution in [0.15, 0.2) is 42.5 Å². The van der Waals surface area contributed by atoms with E-state index in [-0.39, 0.29) is 0 Å². The van der Waals surface area contributed by atoms with Crippen molar-refractivity contribution in [1.82, 2.24) is 19.8 Å². The van der Waals surface area contributed by atoms with E-state index in [9.17, 15) is 0 Å². The number of hydrogen-bond acceptors (Lipinski definition) is 4. The van der Waals surface area contributed by atoms with Crippen molar-refractivity contribution in [2.75, 3.05) is 18.0 Å². The average molecular weight is 333 g/mol. The molecule has 2 aromatic heterocycles. The molecule has 1 aliphatic heterocycles. The van der Waals surface area contributed by atoms with Crippen LogP contribution in [0, 0.1) is 5.41 Å². The summed E-state index contributed by atoms with van der Waals surface area (Å²) in [5.41, 5.74) is 2.47. The molecule has 0 unspecified atom stereocenters. The Balaban J connectivity index is 1.45. The molecule has 2 fully saturated rings. The Morgan fingerprint density at radius 3 is 2.32 bits per heavy atom. The first-order valence-electron chi connectivity index (χ1n) is 9.36. The van der Waals surface area contributed by atoms with E-state index in [1.54, 1.807) is 0 Å². The van der Waals surface area contributed by atoms with Gasteiger partial charge in [-0.15, -0.1) is 15.3 Å². The molecule has 1 spiro atoms. The Bertz CT molecular complexity index is 869. The second-order valence-corrected chi connectivity index (χ2v) is 7.55. The third-order valence-corrected chi connectivity index (χ3v) is 6.09. The van der Waals surface area contributed by atoms with Gasteiger partial charge < -0.3 is 4.90 Å². The quantitative estimate of drug-likeness (QED) is 0.712. The van der Waals surface area contributed by atoms with Crippen LogP contribution in [0.2, 0.25) is 0 Å². The highest BCUT2D eigenvalue weighted by atomic mass is 15.4. The Morgan fingerprint density at radius 2 is 1.56 bits per heavy atom. The lowest BCUT2D eigenvalue weighted by atomic mass is 9.77. The Kier molecular flexibility index (Phi) is 3.47. The molecule has 0 atom stereocenters. The topological polar surface area (TPSA) is 46.3 Å². The van der Waals surface area contributed by atoms with Gasteiger partial charge in [0.05, 0.1) is 0 Å². The highest BCUT2D eigenvalue weighted by molar-refractivity contribution is 5.59. The highest BCUT2D eigenvalue weighted by Crippen LogP contribution is 2.46. The molecule has 0 bridgehead atoms. The highest BCUT2D eigenvalue weighted by Gasteiger charge is 2.37. The normalized spacial score (nSPS) is 19.8. The number of aromatic nitrogens is 4. The lowest BCUT2D eigenvalue weighted by molar-refractivity contribution is 0.226. The maximum atomic E-state index is 4.87. The minimum atomic E-state index is 0.631. The van der Waals surface area contributed by atoms with Crippen LogP contribution in [-0.4, -0.2) is 32.9 Å². The van der Waals surface area contributed by atoms with Crippen molar-refractivity contribution >= 4 is 11.5 Å². The lowest BCUT2D eigenvalue weighted by Crippen LogP contribution is -2.39. The number of rotatable bonds is 2. The standard InChI is InChI=1S/C20H23N5/c1-2-6-16(7-3-1)19-22-21-17-8-9-18(23-25(17)19)24-14-12-20(13-15-24)10-4-5-11-20/h1-3,6-9H,4-5,10-15H2. The molecule has 0 amide bonds. The molecule has 128 valence electrons. The number of anilines is 1. The molecular weight excluding hydrogens is 310 g/mol. The van der Waals surface area contributed by atoms with E-state index < -0.39 is 0 Å². The third kappa shape index (κ3) is 2.58. The molecule has 25 heavy (non-hydrogen) atoms.